The van der Waals surface area contributed by atoms with Gasteiger partial charge in [-0.25, -0.2) is 0 Å². The Balaban J connectivity index is 2.69. The third kappa shape index (κ3) is 2.67. The molecule has 0 aliphatic heterocycles. The Morgan fingerprint density at radius 2 is 2.50 bits per heavy atom. The number of ether oxygens (including phenoxy) is 1. The van der Waals surface area contributed by atoms with Crippen molar-refractivity contribution < 1.29 is 9.66 Å². The monoisotopic (exact) mass is 197 g/mol. The molecule has 0 fully saturated rings. The number of nitrogens with zero attached hydrogens (tertiary/aromatic N) is 2. The van der Waals surface area contributed by atoms with Crippen LogP contribution in [0.3, 0.4) is 0 Å². The second-order valence-electron chi connectivity index (χ2n) is 2.55. The zero-order chi connectivity index (χ0) is 10.4. The molecule has 14 heavy (non-hydrogen) atoms. The zero-order valence-electron chi connectivity index (χ0n) is 7.77. The van der Waals surface area contributed by atoms with Gasteiger partial charge in [0, 0.05) is 13.7 Å². The van der Waals surface area contributed by atoms with E-state index in [2.05, 4.69) is 10.3 Å². The van der Waals surface area contributed by atoms with Gasteiger partial charge < -0.3 is 20.2 Å². The Labute approximate surface area is 81.1 Å². The average Bonchev–Trinajstić information content (AvgIpc) is 2.19. The quantitative estimate of drug-likeness (QED) is 0.433. The van der Waals surface area contributed by atoms with Crippen LogP contribution in [-0.2, 0) is 4.74 Å². The van der Waals surface area contributed by atoms with Crippen molar-refractivity contribution in [1.82, 2.24) is 4.98 Å². The summed E-state index contributed by atoms with van der Waals surface area (Å²) in [5.41, 5.74) is 0.412. The second-order valence-corrected chi connectivity index (χ2v) is 2.55. The average molecular weight is 197 g/mol. The highest BCUT2D eigenvalue weighted by Crippen LogP contribution is 2.19. The first-order valence-electron chi connectivity index (χ1n) is 4.08. The summed E-state index contributed by atoms with van der Waals surface area (Å²) in [6.07, 6.45) is 1.39. The number of methoxy groups -OCH3 is 1. The third-order valence-corrected chi connectivity index (χ3v) is 1.58. The van der Waals surface area contributed by atoms with E-state index in [-0.39, 0.29) is 5.82 Å². The lowest BCUT2D eigenvalue weighted by atomic mass is 10.4. The Kier molecular flexibility index (Phi) is 3.81. The van der Waals surface area contributed by atoms with Gasteiger partial charge in [-0.15, -0.1) is 0 Å². The molecule has 0 aromatic carbocycles. The molecule has 0 radical (unpaired) electrons. The zero-order valence-corrected chi connectivity index (χ0v) is 7.77. The van der Waals surface area contributed by atoms with Crippen LogP contribution in [0, 0.1) is 10.1 Å². The number of pyridine rings is 1. The number of anilines is 1. The molecule has 1 aromatic heterocycles. The molecule has 1 N–H and O–H groups in total. The van der Waals surface area contributed by atoms with Gasteiger partial charge in [0.15, 0.2) is 0 Å². The molecule has 0 saturated carbocycles. The van der Waals surface area contributed by atoms with Crippen molar-refractivity contribution >= 4 is 11.5 Å². The molecule has 1 heterocycles. The summed E-state index contributed by atoms with van der Waals surface area (Å²) >= 11 is 0. The van der Waals surface area contributed by atoms with E-state index in [1.165, 1.54) is 6.20 Å². The summed E-state index contributed by atoms with van der Waals surface area (Å²) < 4.78 is 4.81. The summed E-state index contributed by atoms with van der Waals surface area (Å²) in [5, 5.41) is 13.4. The fourth-order valence-electron chi connectivity index (χ4n) is 0.968. The lowest BCUT2D eigenvalue weighted by Crippen LogP contribution is -2.09. The van der Waals surface area contributed by atoms with Crippen molar-refractivity contribution in [2.45, 2.75) is 0 Å². The molecule has 1 aromatic rings. The predicted molar refractivity (Wildman–Crippen MR) is 51.3 cm³/mol. The minimum absolute atomic E-state index is 0.163. The Morgan fingerprint density at radius 1 is 1.71 bits per heavy atom. The highest BCUT2D eigenvalue weighted by molar-refractivity contribution is 5.56. The van der Waals surface area contributed by atoms with Crippen LogP contribution in [0.4, 0.5) is 11.5 Å². The summed E-state index contributed by atoms with van der Waals surface area (Å²) in [7, 11) is 1.57. The molecule has 6 heteroatoms. The van der Waals surface area contributed by atoms with E-state index in [9.17, 15) is 10.1 Å². The Morgan fingerprint density at radius 3 is 3.14 bits per heavy atom. The highest BCUT2D eigenvalue weighted by atomic mass is 16.6. The fourth-order valence-corrected chi connectivity index (χ4v) is 0.968. The van der Waals surface area contributed by atoms with Crippen molar-refractivity contribution in [2.75, 3.05) is 25.6 Å². The van der Waals surface area contributed by atoms with Gasteiger partial charge in [-0.1, -0.05) is 0 Å². The summed E-state index contributed by atoms with van der Waals surface area (Å²) in [6.45, 7) is 1.01. The normalized spacial score (nSPS) is 9.79. The van der Waals surface area contributed by atoms with Gasteiger partial charge in [-0.2, -0.15) is 0 Å². The maximum Gasteiger partial charge on any atom is 0.386 e. The van der Waals surface area contributed by atoms with E-state index in [1.54, 1.807) is 19.2 Å². The van der Waals surface area contributed by atoms with Gasteiger partial charge in [-0.05, 0) is 22.0 Å². The minimum atomic E-state index is -0.519. The van der Waals surface area contributed by atoms with E-state index in [1.807, 2.05) is 0 Å². The molecular weight excluding hydrogens is 186 g/mol. The van der Waals surface area contributed by atoms with Crippen LogP contribution in [0.15, 0.2) is 18.3 Å². The summed E-state index contributed by atoms with van der Waals surface area (Å²) in [5.74, 6) is -0.163. The van der Waals surface area contributed by atoms with E-state index in [0.717, 1.165) is 0 Å². The molecule has 0 saturated heterocycles. The lowest BCUT2D eigenvalue weighted by molar-refractivity contribution is -0.388. The van der Waals surface area contributed by atoms with Gasteiger partial charge in [0.2, 0.25) is 0 Å². The number of nitrogens with one attached hydrogen (secondary N) is 1. The number of nitro groups is 1. The maximum atomic E-state index is 10.5. The third-order valence-electron chi connectivity index (χ3n) is 1.58. The molecule has 0 aliphatic carbocycles. The molecule has 0 atom stereocenters. The maximum absolute atomic E-state index is 10.5. The number of hydrogen-bond donors (Lipinski definition) is 1. The van der Waals surface area contributed by atoms with Gasteiger partial charge in [0.25, 0.3) is 0 Å². The van der Waals surface area contributed by atoms with E-state index in [0.29, 0.717) is 18.8 Å². The summed E-state index contributed by atoms with van der Waals surface area (Å²) in [4.78, 5) is 13.7. The standard InChI is InChI=1S/C8H11N3O3/c1-14-6-5-9-7-3-2-4-10-8(7)11(12)13/h2-4,9H,5-6H2,1H3. The van der Waals surface area contributed by atoms with Gasteiger partial charge >= 0.3 is 5.82 Å². The van der Waals surface area contributed by atoms with Gasteiger partial charge in [0.05, 0.1) is 6.61 Å². The topological polar surface area (TPSA) is 77.3 Å². The molecule has 6 nitrogen and oxygen atoms in total. The van der Waals surface area contributed by atoms with Crippen LogP contribution in [0.25, 0.3) is 0 Å². The molecule has 0 amide bonds. The van der Waals surface area contributed by atoms with Crippen molar-refractivity contribution in [3.63, 3.8) is 0 Å². The van der Waals surface area contributed by atoms with Crippen molar-refractivity contribution in [3.05, 3.63) is 28.4 Å². The van der Waals surface area contributed by atoms with Crippen molar-refractivity contribution in [2.24, 2.45) is 0 Å². The van der Waals surface area contributed by atoms with Crippen molar-refractivity contribution in [1.29, 1.82) is 0 Å². The number of hydrogen-bond acceptors (Lipinski definition) is 5. The number of rotatable bonds is 5. The first kappa shape index (κ1) is 10.4. The molecule has 0 bridgehead atoms. The first-order chi connectivity index (χ1) is 6.75. The first-order valence-corrected chi connectivity index (χ1v) is 4.08. The highest BCUT2D eigenvalue weighted by Gasteiger charge is 2.12. The van der Waals surface area contributed by atoms with Gasteiger partial charge in [-0.3, -0.25) is 0 Å². The Bertz CT molecular complexity index is 316. The van der Waals surface area contributed by atoms with Crippen LogP contribution in [0.2, 0.25) is 0 Å². The van der Waals surface area contributed by atoms with Crippen LogP contribution in [0.1, 0.15) is 0 Å². The SMILES string of the molecule is COCCNc1cccnc1[N+](=O)[O-]. The van der Waals surface area contributed by atoms with Gasteiger partial charge in [0.1, 0.15) is 11.9 Å². The van der Waals surface area contributed by atoms with Crippen LogP contribution in [-0.4, -0.2) is 30.2 Å². The second kappa shape index (κ2) is 5.13. The molecular formula is C8H11N3O3. The smallest absolute Gasteiger partial charge is 0.383 e. The van der Waals surface area contributed by atoms with Crippen LogP contribution in [0.5, 0.6) is 0 Å². The molecule has 76 valence electrons. The molecule has 0 unspecified atom stereocenters. The minimum Gasteiger partial charge on any atom is -0.383 e. The molecule has 0 spiro atoms. The largest absolute Gasteiger partial charge is 0.386 e. The Hall–Kier alpha value is -1.69. The van der Waals surface area contributed by atoms with Crippen LogP contribution >= 0.6 is 0 Å². The van der Waals surface area contributed by atoms with E-state index >= 15 is 0 Å². The molecule has 1 rings (SSSR count). The van der Waals surface area contributed by atoms with Crippen LogP contribution < -0.4 is 5.32 Å². The fraction of sp³-hybridized carbons (Fsp3) is 0.375. The van der Waals surface area contributed by atoms with E-state index < -0.39 is 4.92 Å². The predicted octanol–water partition coefficient (Wildman–Crippen LogP) is 1.05. The number of aromatic nitrogens is 1. The van der Waals surface area contributed by atoms with E-state index in [4.69, 9.17) is 4.74 Å². The molecule has 0 aliphatic rings. The summed E-state index contributed by atoms with van der Waals surface area (Å²) in [6, 6.07) is 3.25. The lowest BCUT2D eigenvalue weighted by Gasteiger charge is -2.04. The van der Waals surface area contributed by atoms with Crippen molar-refractivity contribution in [3.8, 4) is 0 Å².